The topological polar surface area (TPSA) is 60.2 Å². The zero-order chi connectivity index (χ0) is 10.8. The third-order valence-electron chi connectivity index (χ3n) is 3.05. The van der Waals surface area contributed by atoms with Crippen molar-refractivity contribution in [3.63, 3.8) is 0 Å². The lowest BCUT2D eigenvalue weighted by atomic mass is 9.85. The molecule has 0 bridgehead atoms. The summed E-state index contributed by atoms with van der Waals surface area (Å²) in [6.45, 7) is 1.99. The fraction of sp³-hybridized carbons (Fsp3) is 1.00. The van der Waals surface area contributed by atoms with Gasteiger partial charge in [-0.05, 0) is 32.1 Å². The summed E-state index contributed by atoms with van der Waals surface area (Å²) in [5, 5.41) is -0.111. The minimum atomic E-state index is -2.84. The fourth-order valence-electron chi connectivity index (χ4n) is 2.37. The minimum Gasteiger partial charge on any atom is -0.328 e. The molecule has 0 radical (unpaired) electrons. The first-order valence-corrected chi connectivity index (χ1v) is 7.29. The molecule has 84 valence electrons. The van der Waals surface area contributed by atoms with Gasteiger partial charge in [0, 0.05) is 12.3 Å². The molecule has 0 aromatic rings. The van der Waals surface area contributed by atoms with Gasteiger partial charge in [0.25, 0.3) is 0 Å². The molecular formula is C10H21NO2S. The second kappa shape index (κ2) is 4.62. The Kier molecular flexibility index (Phi) is 3.95. The lowest BCUT2D eigenvalue weighted by Crippen LogP contribution is -2.30. The molecule has 4 heteroatoms. The molecule has 0 aromatic carbocycles. The van der Waals surface area contributed by atoms with Crippen LogP contribution in [-0.4, -0.2) is 26.0 Å². The SMILES string of the molecule is CC(N)CC1CCCC(S(C)(=O)=O)C1. The monoisotopic (exact) mass is 219 g/mol. The molecule has 0 amide bonds. The highest BCUT2D eigenvalue weighted by Gasteiger charge is 2.28. The second-order valence-corrected chi connectivity index (χ2v) is 7.02. The third-order valence-corrected chi connectivity index (χ3v) is 4.68. The molecule has 0 heterocycles. The zero-order valence-electron chi connectivity index (χ0n) is 9.07. The van der Waals surface area contributed by atoms with Gasteiger partial charge in [0.05, 0.1) is 5.25 Å². The standard InChI is InChI=1S/C10H21NO2S/c1-8(11)6-9-4-3-5-10(7-9)14(2,12)13/h8-10H,3-7,11H2,1-2H3. The predicted molar refractivity (Wildman–Crippen MR) is 58.9 cm³/mol. The molecule has 1 rings (SSSR count). The van der Waals surface area contributed by atoms with E-state index in [1.165, 1.54) is 6.26 Å². The minimum absolute atomic E-state index is 0.111. The number of rotatable bonds is 3. The fourth-order valence-corrected chi connectivity index (χ4v) is 3.59. The van der Waals surface area contributed by atoms with Crippen LogP contribution in [0.3, 0.4) is 0 Å². The van der Waals surface area contributed by atoms with E-state index in [9.17, 15) is 8.42 Å². The van der Waals surface area contributed by atoms with Crippen molar-refractivity contribution < 1.29 is 8.42 Å². The zero-order valence-corrected chi connectivity index (χ0v) is 9.89. The summed E-state index contributed by atoms with van der Waals surface area (Å²) in [7, 11) is -2.84. The molecular weight excluding hydrogens is 198 g/mol. The number of nitrogens with two attached hydrogens (primary N) is 1. The Bertz CT molecular complexity index is 272. The Morgan fingerprint density at radius 2 is 2.07 bits per heavy atom. The summed E-state index contributed by atoms with van der Waals surface area (Å²) >= 11 is 0. The lowest BCUT2D eigenvalue weighted by molar-refractivity contribution is 0.323. The predicted octanol–water partition coefficient (Wildman–Crippen LogP) is 1.33. The Morgan fingerprint density at radius 3 is 2.57 bits per heavy atom. The van der Waals surface area contributed by atoms with E-state index in [0.717, 1.165) is 32.1 Å². The maximum absolute atomic E-state index is 11.4. The highest BCUT2D eigenvalue weighted by Crippen LogP contribution is 2.30. The smallest absolute Gasteiger partial charge is 0.150 e. The van der Waals surface area contributed by atoms with Crippen molar-refractivity contribution in [3.8, 4) is 0 Å². The highest BCUT2D eigenvalue weighted by molar-refractivity contribution is 7.91. The van der Waals surface area contributed by atoms with Gasteiger partial charge in [-0.15, -0.1) is 0 Å². The first kappa shape index (κ1) is 12.0. The molecule has 0 spiro atoms. The first-order chi connectivity index (χ1) is 6.39. The Balaban J connectivity index is 2.52. The Labute approximate surface area is 87.0 Å². The molecule has 3 atom stereocenters. The van der Waals surface area contributed by atoms with E-state index in [4.69, 9.17) is 5.73 Å². The van der Waals surface area contributed by atoms with Gasteiger partial charge in [-0.25, -0.2) is 8.42 Å². The van der Waals surface area contributed by atoms with Crippen molar-refractivity contribution in [3.05, 3.63) is 0 Å². The molecule has 3 nitrogen and oxygen atoms in total. The number of hydrogen-bond donors (Lipinski definition) is 1. The maximum atomic E-state index is 11.4. The summed E-state index contributed by atoms with van der Waals surface area (Å²) in [5.74, 6) is 0.517. The van der Waals surface area contributed by atoms with Crippen molar-refractivity contribution in [1.82, 2.24) is 0 Å². The van der Waals surface area contributed by atoms with Crippen molar-refractivity contribution in [1.29, 1.82) is 0 Å². The summed E-state index contributed by atoms with van der Waals surface area (Å²) in [6.07, 6.45) is 6.16. The molecule has 1 aliphatic carbocycles. The lowest BCUT2D eigenvalue weighted by Gasteiger charge is -2.28. The first-order valence-electron chi connectivity index (χ1n) is 5.34. The Hall–Kier alpha value is -0.0900. The summed E-state index contributed by atoms with van der Waals surface area (Å²) in [6, 6.07) is 0.193. The summed E-state index contributed by atoms with van der Waals surface area (Å²) in [5.41, 5.74) is 5.73. The second-order valence-electron chi connectivity index (χ2n) is 4.70. The van der Waals surface area contributed by atoms with E-state index in [1.54, 1.807) is 0 Å². The van der Waals surface area contributed by atoms with E-state index < -0.39 is 9.84 Å². The van der Waals surface area contributed by atoms with Crippen LogP contribution in [0.2, 0.25) is 0 Å². The molecule has 1 fully saturated rings. The van der Waals surface area contributed by atoms with Crippen molar-refractivity contribution in [2.45, 2.75) is 50.3 Å². The average Bonchev–Trinajstić information content (AvgIpc) is 2.01. The van der Waals surface area contributed by atoms with Crippen LogP contribution >= 0.6 is 0 Å². The normalized spacial score (nSPS) is 31.4. The van der Waals surface area contributed by atoms with E-state index in [2.05, 4.69) is 0 Å². The van der Waals surface area contributed by atoms with Gasteiger partial charge in [-0.2, -0.15) is 0 Å². The van der Waals surface area contributed by atoms with Crippen LogP contribution in [0.15, 0.2) is 0 Å². The van der Waals surface area contributed by atoms with Crippen molar-refractivity contribution >= 4 is 9.84 Å². The van der Waals surface area contributed by atoms with E-state index in [-0.39, 0.29) is 11.3 Å². The summed E-state index contributed by atoms with van der Waals surface area (Å²) in [4.78, 5) is 0. The molecule has 1 aliphatic rings. The van der Waals surface area contributed by atoms with Gasteiger partial charge in [-0.3, -0.25) is 0 Å². The molecule has 0 saturated heterocycles. The molecule has 0 aromatic heterocycles. The largest absolute Gasteiger partial charge is 0.328 e. The number of sulfone groups is 1. The van der Waals surface area contributed by atoms with Gasteiger partial charge in [-0.1, -0.05) is 12.8 Å². The van der Waals surface area contributed by atoms with E-state index in [0.29, 0.717) is 5.92 Å². The van der Waals surface area contributed by atoms with Crippen LogP contribution in [0.4, 0.5) is 0 Å². The van der Waals surface area contributed by atoms with Crippen LogP contribution in [0, 0.1) is 5.92 Å². The van der Waals surface area contributed by atoms with E-state index in [1.807, 2.05) is 6.92 Å². The maximum Gasteiger partial charge on any atom is 0.150 e. The molecule has 1 saturated carbocycles. The summed E-state index contributed by atoms with van der Waals surface area (Å²) < 4.78 is 22.8. The van der Waals surface area contributed by atoms with Crippen LogP contribution in [0.5, 0.6) is 0 Å². The van der Waals surface area contributed by atoms with Gasteiger partial charge in [0.15, 0.2) is 0 Å². The van der Waals surface area contributed by atoms with Gasteiger partial charge in [0.2, 0.25) is 0 Å². The molecule has 3 unspecified atom stereocenters. The average molecular weight is 219 g/mol. The van der Waals surface area contributed by atoms with Gasteiger partial charge < -0.3 is 5.73 Å². The van der Waals surface area contributed by atoms with Crippen LogP contribution in [0.1, 0.15) is 39.0 Å². The highest BCUT2D eigenvalue weighted by atomic mass is 32.2. The van der Waals surface area contributed by atoms with Crippen LogP contribution < -0.4 is 5.73 Å². The van der Waals surface area contributed by atoms with Crippen LogP contribution in [-0.2, 0) is 9.84 Å². The molecule has 14 heavy (non-hydrogen) atoms. The third kappa shape index (κ3) is 3.58. The number of hydrogen-bond acceptors (Lipinski definition) is 3. The molecule has 0 aliphatic heterocycles. The Morgan fingerprint density at radius 1 is 1.43 bits per heavy atom. The van der Waals surface area contributed by atoms with Gasteiger partial charge in [0.1, 0.15) is 9.84 Å². The molecule has 2 N–H and O–H groups in total. The quantitative estimate of drug-likeness (QED) is 0.779. The van der Waals surface area contributed by atoms with Crippen molar-refractivity contribution in [2.24, 2.45) is 11.7 Å². The van der Waals surface area contributed by atoms with Gasteiger partial charge >= 0.3 is 0 Å². The van der Waals surface area contributed by atoms with E-state index >= 15 is 0 Å². The van der Waals surface area contributed by atoms with Crippen molar-refractivity contribution in [2.75, 3.05) is 6.26 Å². The van der Waals surface area contributed by atoms with Crippen LogP contribution in [0.25, 0.3) is 0 Å².